The van der Waals surface area contributed by atoms with Crippen molar-refractivity contribution in [1.29, 1.82) is 0 Å². The molecular weight excluding hydrogens is 492 g/mol. The first-order valence-electron chi connectivity index (χ1n) is 12.3. The van der Waals surface area contributed by atoms with Gasteiger partial charge in [-0.2, -0.15) is 0 Å². The summed E-state index contributed by atoms with van der Waals surface area (Å²) in [4.78, 5) is 19.6. The first-order chi connectivity index (χ1) is 17.2. The third-order valence-electron chi connectivity index (χ3n) is 6.62. The standard InChI is InChI=1S/C29H33ClN2O3S/c1-6-35-24-15-18(7-14-23(24)34-5)17-31-28-26(27(33)32-21-11-9-20(30)10-12-21)22-13-8-19(29(2,3)4)16-25(22)36-28/h7,9-12,14-15,17,19H,6,8,13,16H2,1-5H3,(H,32,33)/t19-/m0/s1. The fourth-order valence-electron chi connectivity index (χ4n) is 4.54. The number of rotatable bonds is 7. The number of fused-ring (bicyclic) bond motifs is 1. The van der Waals surface area contributed by atoms with Gasteiger partial charge in [0.15, 0.2) is 11.5 Å². The van der Waals surface area contributed by atoms with Gasteiger partial charge in [0.25, 0.3) is 5.91 Å². The van der Waals surface area contributed by atoms with Crippen LogP contribution in [-0.4, -0.2) is 25.8 Å². The second-order valence-corrected chi connectivity index (χ2v) is 11.6. The number of carbonyl (C=O) groups is 1. The van der Waals surface area contributed by atoms with E-state index < -0.39 is 0 Å². The SMILES string of the molecule is CCOc1cc(C=Nc2sc3c(c2C(=O)Nc2ccc(Cl)cc2)CC[C@H](C(C)(C)C)C3)ccc1OC. The maximum Gasteiger partial charge on any atom is 0.259 e. The Morgan fingerprint density at radius 2 is 1.94 bits per heavy atom. The van der Waals surface area contributed by atoms with E-state index >= 15 is 0 Å². The molecular formula is C29H33ClN2O3S. The number of carbonyl (C=O) groups excluding carboxylic acids is 1. The molecule has 1 atom stereocenters. The zero-order valence-electron chi connectivity index (χ0n) is 21.5. The van der Waals surface area contributed by atoms with Crippen LogP contribution in [0.5, 0.6) is 11.5 Å². The van der Waals surface area contributed by atoms with Gasteiger partial charge in [0.1, 0.15) is 5.00 Å². The Kier molecular flexibility index (Phi) is 8.06. The summed E-state index contributed by atoms with van der Waals surface area (Å²) in [6, 6.07) is 12.9. The fourth-order valence-corrected chi connectivity index (χ4v) is 5.93. The van der Waals surface area contributed by atoms with Gasteiger partial charge in [-0.15, -0.1) is 11.3 Å². The van der Waals surface area contributed by atoms with Crippen molar-refractivity contribution in [2.75, 3.05) is 19.0 Å². The molecule has 0 saturated carbocycles. The molecule has 0 spiro atoms. The Balaban J connectivity index is 1.69. The van der Waals surface area contributed by atoms with E-state index in [0.717, 1.165) is 35.4 Å². The Morgan fingerprint density at radius 3 is 2.61 bits per heavy atom. The highest BCUT2D eigenvalue weighted by Gasteiger charge is 2.33. The van der Waals surface area contributed by atoms with Crippen molar-refractivity contribution in [2.24, 2.45) is 16.3 Å². The lowest BCUT2D eigenvalue weighted by molar-refractivity contribution is 0.102. The Morgan fingerprint density at radius 1 is 1.19 bits per heavy atom. The highest BCUT2D eigenvalue weighted by Crippen LogP contribution is 2.45. The number of ether oxygens (including phenoxy) is 2. The highest BCUT2D eigenvalue weighted by atomic mass is 35.5. The van der Waals surface area contributed by atoms with Crippen LogP contribution in [-0.2, 0) is 12.8 Å². The van der Waals surface area contributed by atoms with E-state index in [1.54, 1.807) is 36.8 Å². The van der Waals surface area contributed by atoms with Crippen molar-refractivity contribution in [1.82, 2.24) is 0 Å². The van der Waals surface area contributed by atoms with Gasteiger partial charge < -0.3 is 14.8 Å². The molecule has 5 nitrogen and oxygen atoms in total. The number of hydrogen-bond donors (Lipinski definition) is 1. The number of amides is 1. The number of hydrogen-bond acceptors (Lipinski definition) is 5. The summed E-state index contributed by atoms with van der Waals surface area (Å²) in [7, 11) is 1.62. The second kappa shape index (κ2) is 11.1. The maximum absolute atomic E-state index is 13.5. The van der Waals surface area contributed by atoms with Crippen molar-refractivity contribution in [3.8, 4) is 11.5 Å². The molecule has 4 rings (SSSR count). The summed E-state index contributed by atoms with van der Waals surface area (Å²) >= 11 is 7.65. The van der Waals surface area contributed by atoms with E-state index in [9.17, 15) is 4.79 Å². The first-order valence-corrected chi connectivity index (χ1v) is 13.5. The number of methoxy groups -OCH3 is 1. The smallest absolute Gasteiger partial charge is 0.259 e. The van der Waals surface area contributed by atoms with Crippen molar-refractivity contribution in [3.05, 3.63) is 69.1 Å². The van der Waals surface area contributed by atoms with E-state index in [2.05, 4.69) is 26.1 Å². The summed E-state index contributed by atoms with van der Waals surface area (Å²) in [5.41, 5.74) is 3.60. The first kappa shape index (κ1) is 26.2. The summed E-state index contributed by atoms with van der Waals surface area (Å²) in [6.45, 7) is 9.36. The molecule has 190 valence electrons. The average molecular weight is 525 g/mol. The molecule has 36 heavy (non-hydrogen) atoms. The van der Waals surface area contributed by atoms with Crippen LogP contribution in [0.2, 0.25) is 5.02 Å². The summed E-state index contributed by atoms with van der Waals surface area (Å²) < 4.78 is 11.1. The van der Waals surface area contributed by atoms with Gasteiger partial charge in [-0.3, -0.25) is 4.79 Å². The lowest BCUT2D eigenvalue weighted by atomic mass is 9.72. The van der Waals surface area contributed by atoms with Gasteiger partial charge >= 0.3 is 0 Å². The zero-order valence-corrected chi connectivity index (χ0v) is 23.1. The number of halogens is 1. The number of thiophene rings is 1. The molecule has 0 saturated heterocycles. The van der Waals surface area contributed by atoms with Gasteiger partial charge in [-0.25, -0.2) is 4.99 Å². The molecule has 0 aliphatic heterocycles. The predicted octanol–water partition coefficient (Wildman–Crippen LogP) is 7.96. The van der Waals surface area contributed by atoms with Gasteiger partial charge in [0.05, 0.1) is 19.3 Å². The number of anilines is 1. The molecule has 1 aliphatic rings. The van der Waals surface area contributed by atoms with Gasteiger partial charge in [0, 0.05) is 21.8 Å². The molecule has 0 unspecified atom stereocenters. The third kappa shape index (κ3) is 5.93. The minimum atomic E-state index is -0.138. The molecule has 0 fully saturated rings. The molecule has 1 heterocycles. The van der Waals surface area contributed by atoms with Crippen molar-refractivity contribution in [2.45, 2.75) is 47.0 Å². The van der Waals surface area contributed by atoms with Crippen LogP contribution in [0.4, 0.5) is 10.7 Å². The second-order valence-electron chi connectivity index (χ2n) is 10.1. The molecule has 3 aromatic rings. The fraction of sp³-hybridized carbons (Fsp3) is 0.379. The quantitative estimate of drug-likeness (QED) is 0.319. The normalized spacial score (nSPS) is 15.6. The largest absolute Gasteiger partial charge is 0.493 e. The van der Waals surface area contributed by atoms with E-state index in [1.807, 2.05) is 37.3 Å². The van der Waals surface area contributed by atoms with Crippen LogP contribution in [0, 0.1) is 11.3 Å². The highest BCUT2D eigenvalue weighted by molar-refractivity contribution is 7.16. The number of nitrogens with zero attached hydrogens (tertiary/aromatic N) is 1. The lowest BCUT2D eigenvalue weighted by Gasteiger charge is -2.33. The molecule has 2 aromatic carbocycles. The molecule has 1 amide bonds. The van der Waals surface area contributed by atoms with Gasteiger partial charge in [-0.05, 0) is 91.1 Å². The van der Waals surface area contributed by atoms with E-state index in [4.69, 9.17) is 26.1 Å². The molecule has 0 bridgehead atoms. The Labute approximate surface area is 222 Å². The monoisotopic (exact) mass is 524 g/mol. The molecule has 7 heteroatoms. The Bertz CT molecular complexity index is 1260. The number of aliphatic imine (C=N–C) groups is 1. The minimum Gasteiger partial charge on any atom is -0.493 e. The zero-order chi connectivity index (χ0) is 25.9. The van der Waals surface area contributed by atoms with Crippen LogP contribution in [0.3, 0.4) is 0 Å². The topological polar surface area (TPSA) is 59.9 Å². The molecule has 1 aliphatic carbocycles. The van der Waals surface area contributed by atoms with E-state index in [0.29, 0.717) is 40.3 Å². The summed E-state index contributed by atoms with van der Waals surface area (Å²) in [5.74, 6) is 1.78. The maximum atomic E-state index is 13.5. The van der Waals surface area contributed by atoms with E-state index in [-0.39, 0.29) is 11.3 Å². The average Bonchev–Trinajstić information content (AvgIpc) is 3.22. The van der Waals surface area contributed by atoms with Crippen LogP contribution < -0.4 is 14.8 Å². The molecule has 0 radical (unpaired) electrons. The van der Waals surface area contributed by atoms with Gasteiger partial charge in [-0.1, -0.05) is 32.4 Å². The van der Waals surface area contributed by atoms with Crippen molar-refractivity contribution >= 4 is 45.7 Å². The number of benzene rings is 2. The van der Waals surface area contributed by atoms with Crippen molar-refractivity contribution in [3.63, 3.8) is 0 Å². The van der Waals surface area contributed by atoms with E-state index in [1.165, 1.54) is 4.88 Å². The van der Waals surface area contributed by atoms with Crippen LogP contribution in [0.15, 0.2) is 47.5 Å². The van der Waals surface area contributed by atoms with Crippen molar-refractivity contribution < 1.29 is 14.3 Å². The third-order valence-corrected chi connectivity index (χ3v) is 8.03. The minimum absolute atomic E-state index is 0.138. The van der Waals surface area contributed by atoms with Gasteiger partial charge in [0.2, 0.25) is 0 Å². The predicted molar refractivity (Wildman–Crippen MR) is 150 cm³/mol. The molecule has 1 N–H and O–H groups in total. The molecule has 1 aromatic heterocycles. The summed E-state index contributed by atoms with van der Waals surface area (Å²) in [5, 5.41) is 4.40. The summed E-state index contributed by atoms with van der Waals surface area (Å²) in [6.07, 6.45) is 4.70. The number of nitrogens with one attached hydrogen (secondary N) is 1. The lowest BCUT2D eigenvalue weighted by Crippen LogP contribution is -2.27. The van der Waals surface area contributed by atoms with Crippen LogP contribution >= 0.6 is 22.9 Å². The van der Waals surface area contributed by atoms with Crippen LogP contribution in [0.25, 0.3) is 0 Å². The Hall–Kier alpha value is -2.83. The van der Waals surface area contributed by atoms with Crippen LogP contribution in [0.1, 0.15) is 60.5 Å².